The number of nitriles is 1. The van der Waals surface area contributed by atoms with Gasteiger partial charge in [-0.3, -0.25) is 4.79 Å². The summed E-state index contributed by atoms with van der Waals surface area (Å²) in [6, 6.07) is 13.3. The number of nitrogens with zero attached hydrogens (tertiary/aromatic N) is 1. The Bertz CT molecular complexity index is 750. The minimum absolute atomic E-state index is 0.130. The maximum absolute atomic E-state index is 13.0. The summed E-state index contributed by atoms with van der Waals surface area (Å²) in [5.41, 5.74) is 0.603. The summed E-state index contributed by atoms with van der Waals surface area (Å²) in [6.45, 7) is -0.860. The van der Waals surface area contributed by atoms with Gasteiger partial charge >= 0.3 is 5.97 Å². The zero-order valence-corrected chi connectivity index (χ0v) is 12.0. The first kappa shape index (κ1) is 16.2. The number of hydrogen-bond donors (Lipinski definition) is 0. The molecule has 5 nitrogen and oxygen atoms in total. The van der Waals surface area contributed by atoms with Crippen molar-refractivity contribution in [1.82, 2.24) is 0 Å². The third-order valence-electron chi connectivity index (χ3n) is 2.85. The Balaban J connectivity index is 1.78. The summed E-state index contributed by atoms with van der Waals surface area (Å²) >= 11 is 0. The average Bonchev–Trinajstić information content (AvgIpc) is 2.58. The summed E-state index contributed by atoms with van der Waals surface area (Å²) in [4.78, 5) is 23.2. The second-order valence-corrected chi connectivity index (χ2v) is 4.52. The molecule has 2 aromatic carbocycles. The van der Waals surface area contributed by atoms with E-state index in [0.717, 1.165) is 6.07 Å². The largest absolute Gasteiger partial charge is 0.482 e. The van der Waals surface area contributed by atoms with Crippen molar-refractivity contribution in [2.75, 3.05) is 13.2 Å². The predicted octanol–water partition coefficient (Wildman–Crippen LogP) is 2.50. The van der Waals surface area contributed by atoms with Crippen molar-refractivity contribution in [3.8, 4) is 11.8 Å². The third-order valence-corrected chi connectivity index (χ3v) is 2.85. The van der Waals surface area contributed by atoms with Crippen molar-refractivity contribution in [3.63, 3.8) is 0 Å². The van der Waals surface area contributed by atoms with Crippen LogP contribution in [0.5, 0.6) is 5.75 Å². The van der Waals surface area contributed by atoms with Gasteiger partial charge < -0.3 is 9.47 Å². The van der Waals surface area contributed by atoms with Crippen molar-refractivity contribution in [2.45, 2.75) is 0 Å². The number of carbonyl (C=O) groups excluding carboxylic acids is 2. The molecule has 0 aliphatic carbocycles. The Kier molecular flexibility index (Phi) is 5.42. The van der Waals surface area contributed by atoms with Crippen molar-refractivity contribution in [1.29, 1.82) is 5.26 Å². The molecule has 6 heteroatoms. The van der Waals surface area contributed by atoms with Gasteiger partial charge in [-0.05, 0) is 36.4 Å². The van der Waals surface area contributed by atoms with Crippen LogP contribution in [0.25, 0.3) is 0 Å². The van der Waals surface area contributed by atoms with E-state index in [-0.39, 0.29) is 12.2 Å². The second-order valence-electron chi connectivity index (χ2n) is 4.52. The number of Topliss-reactive ketones (excluding diaryl/α,β-unsaturated/α-hetero) is 1. The number of esters is 1. The molecular formula is C17H12FNO4. The highest BCUT2D eigenvalue weighted by atomic mass is 19.1. The average molecular weight is 313 g/mol. The lowest BCUT2D eigenvalue weighted by Crippen LogP contribution is -2.19. The fraction of sp³-hybridized carbons (Fsp3) is 0.118. The Morgan fingerprint density at radius 3 is 2.48 bits per heavy atom. The lowest BCUT2D eigenvalue weighted by Gasteiger charge is -2.07. The molecule has 0 saturated heterocycles. The normalized spacial score (nSPS) is 9.74. The number of hydrogen-bond acceptors (Lipinski definition) is 5. The minimum atomic E-state index is -0.723. The van der Waals surface area contributed by atoms with Gasteiger partial charge in [0.2, 0.25) is 0 Å². The molecule has 2 aromatic rings. The van der Waals surface area contributed by atoms with Crippen LogP contribution in [0, 0.1) is 17.1 Å². The minimum Gasteiger partial charge on any atom is -0.482 e. The van der Waals surface area contributed by atoms with E-state index in [1.165, 1.54) is 18.2 Å². The molecule has 0 atom stereocenters. The molecule has 23 heavy (non-hydrogen) atoms. The van der Waals surface area contributed by atoms with Crippen LogP contribution in [0.1, 0.15) is 15.9 Å². The lowest BCUT2D eigenvalue weighted by molar-refractivity contribution is -0.144. The smallest absolute Gasteiger partial charge is 0.344 e. The van der Waals surface area contributed by atoms with E-state index in [4.69, 9.17) is 14.7 Å². The number of benzene rings is 2. The van der Waals surface area contributed by atoms with Crippen molar-refractivity contribution >= 4 is 11.8 Å². The summed E-state index contributed by atoms with van der Waals surface area (Å²) in [5.74, 6) is -1.36. The predicted molar refractivity (Wildman–Crippen MR) is 78.3 cm³/mol. The fourth-order valence-electron chi connectivity index (χ4n) is 1.70. The number of carbonyl (C=O) groups is 2. The summed E-state index contributed by atoms with van der Waals surface area (Å²) in [6.07, 6.45) is 0. The number of ketones is 1. The van der Waals surface area contributed by atoms with E-state index in [9.17, 15) is 14.0 Å². The Hall–Kier alpha value is -3.20. The molecule has 0 bridgehead atoms. The Labute approximate surface area is 131 Å². The highest BCUT2D eigenvalue weighted by molar-refractivity contribution is 5.97. The van der Waals surface area contributed by atoms with E-state index >= 15 is 0 Å². The van der Waals surface area contributed by atoms with Crippen LogP contribution < -0.4 is 4.74 Å². The van der Waals surface area contributed by atoms with Gasteiger partial charge in [0, 0.05) is 5.56 Å². The molecule has 116 valence electrons. The zero-order valence-electron chi connectivity index (χ0n) is 12.0. The molecule has 0 spiro atoms. The molecule has 0 radical (unpaired) electrons. The molecular weight excluding hydrogens is 301 g/mol. The summed E-state index contributed by atoms with van der Waals surface area (Å²) in [7, 11) is 0. The maximum atomic E-state index is 13.0. The van der Waals surface area contributed by atoms with E-state index < -0.39 is 24.2 Å². The van der Waals surface area contributed by atoms with Crippen LogP contribution in [0.4, 0.5) is 4.39 Å². The zero-order chi connectivity index (χ0) is 16.7. The van der Waals surface area contributed by atoms with Gasteiger partial charge in [0.25, 0.3) is 0 Å². The SMILES string of the molecule is N#Cc1ccc(OCC(=O)OCC(=O)c2cccc(F)c2)cc1. The van der Waals surface area contributed by atoms with E-state index in [1.807, 2.05) is 6.07 Å². The molecule has 0 aliphatic rings. The Morgan fingerprint density at radius 2 is 1.83 bits per heavy atom. The highest BCUT2D eigenvalue weighted by Gasteiger charge is 2.11. The van der Waals surface area contributed by atoms with Crippen molar-refractivity contribution < 1.29 is 23.5 Å². The summed E-state index contributed by atoms with van der Waals surface area (Å²) in [5, 5.41) is 8.66. The van der Waals surface area contributed by atoms with Crippen LogP contribution in [-0.2, 0) is 9.53 Å². The van der Waals surface area contributed by atoms with Crippen LogP contribution >= 0.6 is 0 Å². The van der Waals surface area contributed by atoms with E-state index in [2.05, 4.69) is 0 Å². The highest BCUT2D eigenvalue weighted by Crippen LogP contribution is 2.11. The van der Waals surface area contributed by atoms with Gasteiger partial charge in [0.15, 0.2) is 19.0 Å². The Morgan fingerprint density at radius 1 is 1.09 bits per heavy atom. The molecule has 0 amide bonds. The van der Waals surface area contributed by atoms with Crippen LogP contribution in [0.3, 0.4) is 0 Å². The first-order valence-electron chi connectivity index (χ1n) is 6.66. The van der Waals surface area contributed by atoms with Crippen molar-refractivity contribution in [3.05, 3.63) is 65.5 Å². The monoisotopic (exact) mass is 313 g/mol. The van der Waals surface area contributed by atoms with E-state index in [1.54, 1.807) is 24.3 Å². The van der Waals surface area contributed by atoms with Crippen LogP contribution in [-0.4, -0.2) is 25.0 Å². The molecule has 0 aromatic heterocycles. The topological polar surface area (TPSA) is 76.4 Å². The van der Waals surface area contributed by atoms with Crippen LogP contribution in [0.15, 0.2) is 48.5 Å². The van der Waals surface area contributed by atoms with E-state index in [0.29, 0.717) is 11.3 Å². The molecule has 0 saturated carbocycles. The maximum Gasteiger partial charge on any atom is 0.344 e. The molecule has 0 unspecified atom stereocenters. The first-order chi connectivity index (χ1) is 11.1. The second kappa shape index (κ2) is 7.71. The van der Waals surface area contributed by atoms with Gasteiger partial charge in [0.1, 0.15) is 11.6 Å². The van der Waals surface area contributed by atoms with Gasteiger partial charge in [-0.2, -0.15) is 5.26 Å². The molecule has 2 rings (SSSR count). The standard InChI is InChI=1S/C17H12FNO4/c18-14-3-1-2-13(8-14)16(20)10-23-17(21)11-22-15-6-4-12(9-19)5-7-15/h1-8H,10-11H2. The first-order valence-corrected chi connectivity index (χ1v) is 6.66. The molecule has 0 fully saturated rings. The number of rotatable bonds is 6. The van der Waals surface area contributed by atoms with Gasteiger partial charge in [-0.15, -0.1) is 0 Å². The molecule has 0 N–H and O–H groups in total. The third kappa shape index (κ3) is 4.93. The molecule has 0 heterocycles. The quantitative estimate of drug-likeness (QED) is 0.605. The van der Waals surface area contributed by atoms with Gasteiger partial charge in [-0.25, -0.2) is 9.18 Å². The lowest BCUT2D eigenvalue weighted by atomic mass is 10.1. The van der Waals surface area contributed by atoms with Gasteiger partial charge in [0.05, 0.1) is 11.6 Å². The molecule has 0 aliphatic heterocycles. The van der Waals surface area contributed by atoms with Crippen molar-refractivity contribution in [2.24, 2.45) is 0 Å². The fourth-order valence-corrected chi connectivity index (χ4v) is 1.70. The number of halogens is 1. The van der Waals surface area contributed by atoms with Crippen LogP contribution in [0.2, 0.25) is 0 Å². The number of ether oxygens (including phenoxy) is 2. The van der Waals surface area contributed by atoms with Gasteiger partial charge in [-0.1, -0.05) is 12.1 Å². The summed E-state index contributed by atoms with van der Waals surface area (Å²) < 4.78 is 22.9.